The van der Waals surface area contributed by atoms with E-state index in [0.717, 1.165) is 28.5 Å². The Labute approximate surface area is 122 Å². The van der Waals surface area contributed by atoms with Crippen LogP contribution in [0.1, 0.15) is 11.4 Å². The van der Waals surface area contributed by atoms with E-state index in [0.29, 0.717) is 5.17 Å². The Bertz CT molecular complexity index is 662. The molecule has 0 bridgehead atoms. The van der Waals surface area contributed by atoms with Gasteiger partial charge in [0.1, 0.15) is 5.82 Å². The summed E-state index contributed by atoms with van der Waals surface area (Å²) in [5, 5.41) is 11.8. The van der Waals surface area contributed by atoms with Crippen molar-refractivity contribution in [3.8, 4) is 17.6 Å². The Balaban J connectivity index is 2.35. The van der Waals surface area contributed by atoms with Crippen molar-refractivity contribution in [1.82, 2.24) is 15.3 Å². The van der Waals surface area contributed by atoms with Crippen LogP contribution in [0, 0.1) is 25.3 Å². The van der Waals surface area contributed by atoms with Gasteiger partial charge in [-0.25, -0.2) is 9.98 Å². The van der Waals surface area contributed by atoms with E-state index in [9.17, 15) is 0 Å². The number of amidine groups is 1. The van der Waals surface area contributed by atoms with Crippen LogP contribution in [0.3, 0.4) is 0 Å². The van der Waals surface area contributed by atoms with Crippen molar-refractivity contribution in [3.05, 3.63) is 35.7 Å². The van der Waals surface area contributed by atoms with E-state index >= 15 is 0 Å². The predicted molar refractivity (Wildman–Crippen MR) is 82.9 cm³/mol. The highest BCUT2D eigenvalue weighted by atomic mass is 32.2. The highest BCUT2D eigenvalue weighted by Gasteiger charge is 2.06. The quantitative estimate of drug-likeness (QED) is 0.385. The first kappa shape index (κ1) is 14.2. The van der Waals surface area contributed by atoms with Gasteiger partial charge in [0.05, 0.1) is 11.4 Å². The van der Waals surface area contributed by atoms with Gasteiger partial charge in [0.15, 0.2) is 11.4 Å². The van der Waals surface area contributed by atoms with E-state index in [-0.39, 0.29) is 0 Å². The van der Waals surface area contributed by atoms with Crippen molar-refractivity contribution in [3.63, 3.8) is 0 Å². The predicted octanol–water partition coefficient (Wildman–Crippen LogP) is 3.11. The number of aryl methyl sites for hydroxylation is 2. The average Bonchev–Trinajstić information content (AvgIpc) is 2.78. The molecule has 0 atom stereocenters. The Morgan fingerprint density at radius 3 is 2.85 bits per heavy atom. The third kappa shape index (κ3) is 3.19. The number of hydrogen-bond donors (Lipinski definition) is 2. The topological polar surface area (TPSA) is 76.9 Å². The van der Waals surface area contributed by atoms with Gasteiger partial charge in [-0.3, -0.25) is 5.32 Å². The van der Waals surface area contributed by atoms with Crippen LogP contribution < -0.4 is 5.32 Å². The summed E-state index contributed by atoms with van der Waals surface area (Å²) in [7, 11) is 0. The number of H-pyrrole nitrogens is 1. The molecule has 2 aromatic rings. The number of benzene rings is 1. The molecule has 20 heavy (non-hydrogen) atoms. The molecule has 5 nitrogen and oxygen atoms in total. The van der Waals surface area contributed by atoms with Gasteiger partial charge < -0.3 is 4.98 Å². The van der Waals surface area contributed by atoms with Gasteiger partial charge in [-0.05, 0) is 32.2 Å². The molecular formula is C14H15N5S. The standard InChI is InChI=1S/C14H15N5S/c1-9-10(2)18-13(17-9)11-5-4-6-12(7-11)19-14(20-3)16-8-15/h4-7H,1-3H3,(H,16,19)(H,17,18). The highest BCUT2D eigenvalue weighted by Crippen LogP contribution is 2.23. The van der Waals surface area contributed by atoms with E-state index in [4.69, 9.17) is 5.26 Å². The molecule has 0 fully saturated rings. The number of hydrogen-bond acceptors (Lipinski definition) is 4. The third-order valence-electron chi connectivity index (χ3n) is 2.83. The Morgan fingerprint density at radius 2 is 2.25 bits per heavy atom. The number of aliphatic imine (C=N–C) groups is 1. The molecule has 102 valence electrons. The Kier molecular flexibility index (Phi) is 4.43. The maximum atomic E-state index is 8.64. The second kappa shape index (κ2) is 6.26. The first-order valence-electron chi connectivity index (χ1n) is 6.05. The molecule has 2 rings (SSSR count). The molecule has 1 aromatic carbocycles. The summed E-state index contributed by atoms with van der Waals surface area (Å²) >= 11 is 1.39. The smallest absolute Gasteiger partial charge is 0.183 e. The summed E-state index contributed by atoms with van der Waals surface area (Å²) in [6.07, 6.45) is 3.74. The van der Waals surface area contributed by atoms with Gasteiger partial charge in [-0.1, -0.05) is 23.9 Å². The SMILES string of the molecule is CSC(=Nc1cccc(-c2nc(C)c(C)[nH]2)c1)NC#N. The molecule has 1 heterocycles. The van der Waals surface area contributed by atoms with E-state index in [1.807, 2.05) is 50.6 Å². The lowest BCUT2D eigenvalue weighted by Crippen LogP contribution is -2.12. The van der Waals surface area contributed by atoms with Gasteiger partial charge in [-0.15, -0.1) is 0 Å². The zero-order chi connectivity index (χ0) is 14.5. The van der Waals surface area contributed by atoms with Gasteiger partial charge >= 0.3 is 0 Å². The fourth-order valence-corrected chi connectivity index (χ4v) is 2.04. The lowest BCUT2D eigenvalue weighted by Gasteiger charge is -2.02. The van der Waals surface area contributed by atoms with Crippen molar-refractivity contribution >= 4 is 22.6 Å². The van der Waals surface area contributed by atoms with Gasteiger partial charge in [0.25, 0.3) is 0 Å². The van der Waals surface area contributed by atoms with E-state index in [1.165, 1.54) is 11.8 Å². The third-order valence-corrected chi connectivity index (χ3v) is 3.41. The van der Waals surface area contributed by atoms with Crippen LogP contribution >= 0.6 is 11.8 Å². The van der Waals surface area contributed by atoms with Gasteiger partial charge in [0, 0.05) is 11.3 Å². The lowest BCUT2D eigenvalue weighted by molar-refractivity contribution is 1.22. The molecule has 0 amide bonds. The average molecular weight is 285 g/mol. The number of aromatic amines is 1. The van der Waals surface area contributed by atoms with Crippen molar-refractivity contribution < 1.29 is 0 Å². The molecule has 2 N–H and O–H groups in total. The normalized spacial score (nSPS) is 11.2. The molecule has 1 aromatic heterocycles. The number of nitrogens with zero attached hydrogens (tertiary/aromatic N) is 3. The molecule has 0 aliphatic heterocycles. The van der Waals surface area contributed by atoms with E-state index in [2.05, 4.69) is 20.3 Å². The fraction of sp³-hybridized carbons (Fsp3) is 0.214. The monoisotopic (exact) mass is 285 g/mol. The first-order valence-corrected chi connectivity index (χ1v) is 7.28. The minimum atomic E-state index is 0.566. The van der Waals surface area contributed by atoms with Crippen molar-refractivity contribution in [2.45, 2.75) is 13.8 Å². The van der Waals surface area contributed by atoms with Crippen LogP contribution in [0.4, 0.5) is 5.69 Å². The van der Waals surface area contributed by atoms with Crippen LogP contribution in [-0.4, -0.2) is 21.4 Å². The van der Waals surface area contributed by atoms with Crippen molar-refractivity contribution in [1.29, 1.82) is 5.26 Å². The van der Waals surface area contributed by atoms with Crippen molar-refractivity contribution in [2.24, 2.45) is 4.99 Å². The summed E-state index contributed by atoms with van der Waals surface area (Å²) < 4.78 is 0. The molecule has 0 aliphatic rings. The van der Waals surface area contributed by atoms with Gasteiger partial charge in [0.2, 0.25) is 0 Å². The van der Waals surface area contributed by atoms with Crippen molar-refractivity contribution in [2.75, 3.05) is 6.26 Å². The molecular weight excluding hydrogens is 270 g/mol. The van der Waals surface area contributed by atoms with Crippen LogP contribution in [0.15, 0.2) is 29.3 Å². The minimum absolute atomic E-state index is 0.566. The zero-order valence-electron chi connectivity index (χ0n) is 11.6. The van der Waals surface area contributed by atoms with Crippen LogP contribution in [0.5, 0.6) is 0 Å². The maximum Gasteiger partial charge on any atom is 0.183 e. The van der Waals surface area contributed by atoms with Gasteiger partial charge in [-0.2, -0.15) is 5.26 Å². The molecule has 0 radical (unpaired) electrons. The first-order chi connectivity index (χ1) is 9.63. The number of aromatic nitrogens is 2. The number of nitriles is 1. The number of nitrogens with one attached hydrogen (secondary N) is 2. The number of rotatable bonds is 2. The lowest BCUT2D eigenvalue weighted by atomic mass is 10.2. The Hall–Kier alpha value is -2.26. The second-order valence-electron chi connectivity index (χ2n) is 4.20. The second-order valence-corrected chi connectivity index (χ2v) is 5.00. The van der Waals surface area contributed by atoms with Crippen LogP contribution in [0.25, 0.3) is 11.4 Å². The number of imidazole rings is 1. The summed E-state index contributed by atoms with van der Waals surface area (Å²) in [6.45, 7) is 3.97. The van der Waals surface area contributed by atoms with Crippen LogP contribution in [0.2, 0.25) is 0 Å². The summed E-state index contributed by atoms with van der Waals surface area (Å²) in [5.74, 6) is 0.830. The maximum absolute atomic E-state index is 8.64. The summed E-state index contributed by atoms with van der Waals surface area (Å²) in [4.78, 5) is 12.1. The van der Waals surface area contributed by atoms with E-state index in [1.54, 1.807) is 0 Å². The molecule has 6 heteroatoms. The molecule has 0 saturated carbocycles. The molecule has 0 unspecified atom stereocenters. The zero-order valence-corrected chi connectivity index (χ0v) is 12.4. The summed E-state index contributed by atoms with van der Waals surface area (Å²) in [5.41, 5.74) is 3.80. The molecule has 0 aliphatic carbocycles. The highest BCUT2D eigenvalue weighted by molar-refractivity contribution is 8.13. The Morgan fingerprint density at radius 1 is 1.45 bits per heavy atom. The van der Waals surface area contributed by atoms with E-state index < -0.39 is 0 Å². The number of thioether (sulfide) groups is 1. The minimum Gasteiger partial charge on any atom is -0.342 e. The molecule has 0 saturated heterocycles. The van der Waals surface area contributed by atoms with Crippen LogP contribution in [-0.2, 0) is 0 Å². The molecule has 0 spiro atoms. The largest absolute Gasteiger partial charge is 0.342 e. The fourth-order valence-electron chi connectivity index (χ4n) is 1.70. The summed E-state index contributed by atoms with van der Waals surface area (Å²) in [6, 6.07) is 7.73.